The van der Waals surface area contributed by atoms with E-state index >= 15 is 0 Å². The Morgan fingerprint density at radius 1 is 1.36 bits per heavy atom. The second-order valence-electron chi connectivity index (χ2n) is 6.59. The standard InChI is InChI=1S/C18H22N4O3/c23-18(15-5-7-20-21-15)22-8-9-25-17-14(3-4-16(17)22)12-24-11-13-2-1-6-19-10-13/h1-2,5-7,10,14,16-17H,3-4,8-9,11-12H2,(H,20,21). The summed E-state index contributed by atoms with van der Waals surface area (Å²) in [5.74, 6) is 0.326. The molecule has 3 atom stereocenters. The Bertz CT molecular complexity index is 692. The maximum Gasteiger partial charge on any atom is 0.272 e. The molecular formula is C18H22N4O3. The van der Waals surface area contributed by atoms with Crippen LogP contribution in [0.1, 0.15) is 28.9 Å². The number of amides is 1. The van der Waals surface area contributed by atoms with Gasteiger partial charge < -0.3 is 14.4 Å². The van der Waals surface area contributed by atoms with Crippen LogP contribution in [0, 0.1) is 5.92 Å². The van der Waals surface area contributed by atoms with Gasteiger partial charge in [0.25, 0.3) is 5.91 Å². The third-order valence-corrected chi connectivity index (χ3v) is 5.04. The second kappa shape index (κ2) is 7.33. The smallest absolute Gasteiger partial charge is 0.272 e. The molecule has 0 spiro atoms. The lowest BCUT2D eigenvalue weighted by Crippen LogP contribution is -2.53. The van der Waals surface area contributed by atoms with Gasteiger partial charge in [0, 0.05) is 31.1 Å². The molecule has 0 bridgehead atoms. The zero-order valence-electron chi connectivity index (χ0n) is 14.0. The van der Waals surface area contributed by atoms with Crippen LogP contribution in [0.2, 0.25) is 0 Å². The molecule has 3 unspecified atom stereocenters. The first kappa shape index (κ1) is 16.2. The normalized spacial score (nSPS) is 25.8. The summed E-state index contributed by atoms with van der Waals surface area (Å²) in [6, 6.07) is 5.76. The van der Waals surface area contributed by atoms with Crippen LogP contribution in [0.3, 0.4) is 0 Å². The number of ether oxygens (including phenoxy) is 2. The van der Waals surface area contributed by atoms with Gasteiger partial charge in [0.1, 0.15) is 5.69 Å². The SMILES string of the molecule is O=C(c1ccn[nH]1)N1CCOC2C(COCc3cccnc3)CCC21. The summed E-state index contributed by atoms with van der Waals surface area (Å²) in [7, 11) is 0. The summed E-state index contributed by atoms with van der Waals surface area (Å²) < 4.78 is 11.9. The Labute approximate surface area is 146 Å². The van der Waals surface area contributed by atoms with Gasteiger partial charge >= 0.3 is 0 Å². The Morgan fingerprint density at radius 3 is 3.12 bits per heavy atom. The van der Waals surface area contributed by atoms with E-state index in [2.05, 4.69) is 15.2 Å². The van der Waals surface area contributed by atoms with Crippen molar-refractivity contribution >= 4 is 5.91 Å². The van der Waals surface area contributed by atoms with Gasteiger partial charge in [-0.2, -0.15) is 5.10 Å². The Kier molecular flexibility index (Phi) is 4.76. The first-order chi connectivity index (χ1) is 12.3. The van der Waals surface area contributed by atoms with Crippen LogP contribution in [-0.2, 0) is 16.1 Å². The predicted molar refractivity (Wildman–Crippen MR) is 89.8 cm³/mol. The number of pyridine rings is 1. The van der Waals surface area contributed by atoms with Crippen LogP contribution in [0.25, 0.3) is 0 Å². The fourth-order valence-electron chi connectivity index (χ4n) is 3.83. The predicted octanol–water partition coefficient (Wildman–Crippen LogP) is 1.64. The van der Waals surface area contributed by atoms with Gasteiger partial charge in [-0.1, -0.05) is 6.07 Å². The van der Waals surface area contributed by atoms with E-state index in [0.717, 1.165) is 18.4 Å². The summed E-state index contributed by atoms with van der Waals surface area (Å²) in [6.07, 6.45) is 7.19. The van der Waals surface area contributed by atoms with Gasteiger partial charge in [0.15, 0.2) is 0 Å². The minimum absolute atomic E-state index is 0.00716. The maximum absolute atomic E-state index is 12.7. The molecule has 1 amide bonds. The van der Waals surface area contributed by atoms with Crippen molar-refractivity contribution in [2.24, 2.45) is 5.92 Å². The number of nitrogens with zero attached hydrogens (tertiary/aromatic N) is 3. The molecule has 1 N–H and O–H groups in total. The molecule has 0 radical (unpaired) electrons. The average Bonchev–Trinajstić information content (AvgIpc) is 3.32. The molecule has 3 heterocycles. The summed E-state index contributed by atoms with van der Waals surface area (Å²) in [6.45, 7) is 2.39. The number of morpholine rings is 1. The number of rotatable bonds is 5. The highest BCUT2D eigenvalue weighted by Crippen LogP contribution is 2.35. The molecule has 7 nitrogen and oxygen atoms in total. The van der Waals surface area contributed by atoms with Crippen molar-refractivity contribution in [2.75, 3.05) is 19.8 Å². The number of carbonyl (C=O) groups excluding carboxylic acids is 1. The molecule has 1 saturated heterocycles. The molecule has 2 fully saturated rings. The van der Waals surface area contributed by atoms with E-state index in [-0.39, 0.29) is 18.1 Å². The maximum atomic E-state index is 12.7. The summed E-state index contributed by atoms with van der Waals surface area (Å²) in [5, 5.41) is 6.64. The number of carbonyl (C=O) groups is 1. The van der Waals surface area contributed by atoms with Crippen LogP contribution < -0.4 is 0 Å². The lowest BCUT2D eigenvalue weighted by atomic mass is 10.0. The minimum atomic E-state index is 0.00716. The molecular weight excluding hydrogens is 320 g/mol. The number of H-pyrrole nitrogens is 1. The van der Waals surface area contributed by atoms with Crippen LogP contribution in [0.5, 0.6) is 0 Å². The molecule has 7 heteroatoms. The first-order valence-electron chi connectivity index (χ1n) is 8.71. The van der Waals surface area contributed by atoms with Crippen molar-refractivity contribution in [3.05, 3.63) is 48.0 Å². The highest BCUT2D eigenvalue weighted by Gasteiger charge is 2.44. The van der Waals surface area contributed by atoms with E-state index in [4.69, 9.17) is 9.47 Å². The van der Waals surface area contributed by atoms with E-state index < -0.39 is 0 Å². The zero-order chi connectivity index (χ0) is 17.1. The largest absolute Gasteiger partial charge is 0.376 e. The van der Waals surface area contributed by atoms with Crippen LogP contribution in [-0.4, -0.2) is 57.9 Å². The number of aromatic nitrogens is 3. The first-order valence-corrected chi connectivity index (χ1v) is 8.71. The fraction of sp³-hybridized carbons (Fsp3) is 0.500. The Morgan fingerprint density at radius 2 is 2.32 bits per heavy atom. The molecule has 2 aromatic rings. The van der Waals surface area contributed by atoms with Crippen molar-refractivity contribution in [1.82, 2.24) is 20.1 Å². The van der Waals surface area contributed by atoms with E-state index in [1.165, 1.54) is 0 Å². The van der Waals surface area contributed by atoms with Crippen molar-refractivity contribution in [3.8, 4) is 0 Å². The molecule has 4 rings (SSSR count). The quantitative estimate of drug-likeness (QED) is 0.893. The molecule has 2 aliphatic rings. The van der Waals surface area contributed by atoms with Gasteiger partial charge in [0.05, 0.1) is 32.0 Å². The summed E-state index contributed by atoms with van der Waals surface area (Å²) >= 11 is 0. The average molecular weight is 342 g/mol. The van der Waals surface area contributed by atoms with Crippen LogP contribution in [0.4, 0.5) is 0 Å². The highest BCUT2D eigenvalue weighted by molar-refractivity contribution is 5.92. The number of hydrogen-bond donors (Lipinski definition) is 1. The molecule has 1 saturated carbocycles. The van der Waals surface area contributed by atoms with Gasteiger partial charge in [-0.15, -0.1) is 0 Å². The molecule has 1 aliphatic carbocycles. The Balaban J connectivity index is 1.35. The summed E-state index contributed by atoms with van der Waals surface area (Å²) in [4.78, 5) is 18.7. The number of nitrogens with one attached hydrogen (secondary N) is 1. The topological polar surface area (TPSA) is 80.3 Å². The fourth-order valence-corrected chi connectivity index (χ4v) is 3.83. The van der Waals surface area contributed by atoms with Gasteiger partial charge in [-0.05, 0) is 30.5 Å². The third kappa shape index (κ3) is 3.43. The third-order valence-electron chi connectivity index (χ3n) is 5.04. The van der Waals surface area contributed by atoms with Crippen molar-refractivity contribution in [1.29, 1.82) is 0 Å². The highest BCUT2D eigenvalue weighted by atomic mass is 16.5. The Hall–Kier alpha value is -2.25. The number of fused-ring (bicyclic) bond motifs is 1. The van der Waals surface area contributed by atoms with Gasteiger partial charge in [-0.3, -0.25) is 14.9 Å². The van der Waals surface area contributed by atoms with Crippen molar-refractivity contribution < 1.29 is 14.3 Å². The van der Waals surface area contributed by atoms with Gasteiger partial charge in [0.2, 0.25) is 0 Å². The van der Waals surface area contributed by atoms with E-state index in [1.807, 2.05) is 23.2 Å². The molecule has 25 heavy (non-hydrogen) atoms. The minimum Gasteiger partial charge on any atom is -0.376 e. The molecule has 1 aliphatic heterocycles. The molecule has 2 aromatic heterocycles. The lowest BCUT2D eigenvalue weighted by Gasteiger charge is -2.39. The monoisotopic (exact) mass is 342 g/mol. The van der Waals surface area contributed by atoms with E-state index in [1.54, 1.807) is 18.5 Å². The summed E-state index contributed by atoms with van der Waals surface area (Å²) in [5.41, 5.74) is 1.61. The van der Waals surface area contributed by atoms with E-state index in [0.29, 0.717) is 38.0 Å². The van der Waals surface area contributed by atoms with Crippen molar-refractivity contribution in [3.63, 3.8) is 0 Å². The number of hydrogen-bond acceptors (Lipinski definition) is 5. The van der Waals surface area contributed by atoms with Crippen molar-refractivity contribution in [2.45, 2.75) is 31.6 Å². The van der Waals surface area contributed by atoms with E-state index in [9.17, 15) is 4.79 Å². The van der Waals surface area contributed by atoms with Crippen LogP contribution >= 0.6 is 0 Å². The second-order valence-corrected chi connectivity index (χ2v) is 6.59. The lowest BCUT2D eigenvalue weighted by molar-refractivity contribution is -0.0766. The molecule has 0 aromatic carbocycles. The van der Waals surface area contributed by atoms with Crippen LogP contribution in [0.15, 0.2) is 36.8 Å². The molecule has 132 valence electrons. The number of aromatic amines is 1. The zero-order valence-corrected chi connectivity index (χ0v) is 14.0. The van der Waals surface area contributed by atoms with Gasteiger partial charge in [-0.25, -0.2) is 0 Å².